The molecule has 1 aromatic heterocycles. The molecular formula is C28H27N5O2S. The van der Waals surface area contributed by atoms with Crippen LogP contribution in [0, 0.1) is 6.92 Å². The fraction of sp³-hybridized carbons (Fsp3) is 0.179. The molecule has 0 bridgehead atoms. The molecule has 1 atom stereocenters. The molecule has 7 nitrogen and oxygen atoms in total. The Labute approximate surface area is 214 Å². The van der Waals surface area contributed by atoms with Crippen LogP contribution in [0.4, 0.5) is 11.6 Å². The van der Waals surface area contributed by atoms with Gasteiger partial charge in [0.2, 0.25) is 11.1 Å². The van der Waals surface area contributed by atoms with Gasteiger partial charge >= 0.3 is 0 Å². The average molecular weight is 498 g/mol. The molecule has 0 spiro atoms. The van der Waals surface area contributed by atoms with Crippen molar-refractivity contribution >= 4 is 29.3 Å². The van der Waals surface area contributed by atoms with Gasteiger partial charge in [-0.15, -0.1) is 5.10 Å². The van der Waals surface area contributed by atoms with Crippen LogP contribution in [0.25, 0.3) is 0 Å². The van der Waals surface area contributed by atoms with E-state index in [4.69, 9.17) is 14.8 Å². The first-order chi connectivity index (χ1) is 17.5. The van der Waals surface area contributed by atoms with Gasteiger partial charge in [0.05, 0.1) is 18.4 Å². The normalized spacial score (nSPS) is 14.7. The molecule has 2 heterocycles. The van der Waals surface area contributed by atoms with Crippen LogP contribution in [0.2, 0.25) is 0 Å². The number of thioether (sulfide) groups is 1. The molecule has 8 heteroatoms. The first-order valence-corrected chi connectivity index (χ1v) is 12.6. The Hall–Kier alpha value is -4.04. The predicted octanol–water partition coefficient (Wildman–Crippen LogP) is 5.82. The van der Waals surface area contributed by atoms with Crippen molar-refractivity contribution in [1.29, 1.82) is 0 Å². The highest BCUT2D eigenvalue weighted by molar-refractivity contribution is 7.98. The quantitative estimate of drug-likeness (QED) is 0.314. The van der Waals surface area contributed by atoms with E-state index in [0.717, 1.165) is 17.0 Å². The van der Waals surface area contributed by atoms with Crippen molar-refractivity contribution in [1.82, 2.24) is 14.8 Å². The van der Waals surface area contributed by atoms with E-state index in [-0.39, 0.29) is 5.91 Å². The number of anilines is 2. The molecule has 0 saturated carbocycles. The van der Waals surface area contributed by atoms with E-state index in [1.165, 1.54) is 11.1 Å². The van der Waals surface area contributed by atoms with Crippen LogP contribution in [-0.4, -0.2) is 27.8 Å². The first-order valence-electron chi connectivity index (χ1n) is 11.7. The van der Waals surface area contributed by atoms with Crippen LogP contribution in [-0.2, 0) is 10.5 Å². The smallest absolute Gasteiger partial charge is 0.255 e. The van der Waals surface area contributed by atoms with Crippen LogP contribution >= 0.6 is 11.8 Å². The summed E-state index contributed by atoms with van der Waals surface area (Å²) in [6.07, 6.45) is 0. The Morgan fingerprint density at radius 1 is 1.03 bits per heavy atom. The predicted molar refractivity (Wildman–Crippen MR) is 143 cm³/mol. The number of carbonyl (C=O) groups is 1. The summed E-state index contributed by atoms with van der Waals surface area (Å²) in [5.74, 6) is 1.74. The Kier molecular flexibility index (Phi) is 6.77. The van der Waals surface area contributed by atoms with E-state index >= 15 is 0 Å². The summed E-state index contributed by atoms with van der Waals surface area (Å²) in [6, 6.07) is 25.3. The summed E-state index contributed by atoms with van der Waals surface area (Å²) in [4.78, 5) is 18.4. The minimum absolute atomic E-state index is 0.228. The van der Waals surface area contributed by atoms with Crippen molar-refractivity contribution in [3.63, 3.8) is 0 Å². The van der Waals surface area contributed by atoms with Gasteiger partial charge in [0.15, 0.2) is 0 Å². The second kappa shape index (κ2) is 10.3. The number of methoxy groups -OCH3 is 1. The molecule has 182 valence electrons. The molecule has 36 heavy (non-hydrogen) atoms. The van der Waals surface area contributed by atoms with Crippen LogP contribution in [0.5, 0.6) is 5.75 Å². The fourth-order valence-electron chi connectivity index (χ4n) is 4.20. The molecule has 3 aromatic carbocycles. The van der Waals surface area contributed by atoms with E-state index in [1.807, 2.05) is 61.5 Å². The number of aryl methyl sites for hydroxylation is 1. The van der Waals surface area contributed by atoms with Gasteiger partial charge in [0, 0.05) is 11.4 Å². The zero-order valence-electron chi connectivity index (χ0n) is 20.4. The largest absolute Gasteiger partial charge is 0.495 e. The van der Waals surface area contributed by atoms with Crippen molar-refractivity contribution < 1.29 is 9.53 Å². The van der Waals surface area contributed by atoms with E-state index in [0.29, 0.717) is 28.1 Å². The maximum Gasteiger partial charge on any atom is 0.255 e. The van der Waals surface area contributed by atoms with E-state index in [2.05, 4.69) is 41.8 Å². The lowest BCUT2D eigenvalue weighted by atomic mass is 9.95. The minimum Gasteiger partial charge on any atom is -0.495 e. The van der Waals surface area contributed by atoms with Crippen molar-refractivity contribution in [3.8, 4) is 5.75 Å². The molecule has 2 N–H and O–H groups in total. The van der Waals surface area contributed by atoms with Gasteiger partial charge in [-0.2, -0.15) is 4.98 Å². The summed E-state index contributed by atoms with van der Waals surface area (Å²) in [5.41, 5.74) is 5.29. The Morgan fingerprint density at radius 2 is 1.75 bits per heavy atom. The maximum absolute atomic E-state index is 13.7. The Balaban J connectivity index is 1.47. The summed E-state index contributed by atoms with van der Waals surface area (Å²) in [7, 11) is 1.59. The molecule has 0 saturated heterocycles. The minimum atomic E-state index is -0.432. The van der Waals surface area contributed by atoms with Gasteiger partial charge in [0.1, 0.15) is 11.8 Å². The fourth-order valence-corrected chi connectivity index (χ4v) is 4.98. The van der Waals surface area contributed by atoms with E-state index in [9.17, 15) is 4.79 Å². The number of benzene rings is 3. The SMILES string of the molecule is COc1ccccc1NC(=O)C1=C(C)Nc2nc(SCc3ccc(C)cc3)nn2[C@H]1c1ccccc1. The zero-order valence-corrected chi connectivity index (χ0v) is 21.2. The van der Waals surface area contributed by atoms with E-state index < -0.39 is 6.04 Å². The van der Waals surface area contributed by atoms with Crippen LogP contribution < -0.4 is 15.4 Å². The first kappa shape index (κ1) is 23.7. The summed E-state index contributed by atoms with van der Waals surface area (Å²) in [6.45, 7) is 3.97. The second-order valence-corrected chi connectivity index (χ2v) is 9.51. The number of rotatable bonds is 7. The van der Waals surface area contributed by atoms with Crippen molar-refractivity contribution in [2.24, 2.45) is 0 Å². The number of carbonyl (C=O) groups excluding carboxylic acids is 1. The lowest BCUT2D eigenvalue weighted by Gasteiger charge is -2.28. The second-order valence-electron chi connectivity index (χ2n) is 8.57. The highest BCUT2D eigenvalue weighted by Crippen LogP contribution is 2.37. The third-order valence-corrected chi connectivity index (χ3v) is 6.95. The Morgan fingerprint density at radius 3 is 2.50 bits per heavy atom. The number of nitrogens with zero attached hydrogens (tertiary/aromatic N) is 3. The number of hydrogen-bond donors (Lipinski definition) is 2. The van der Waals surface area contributed by atoms with Gasteiger partial charge in [-0.3, -0.25) is 4.79 Å². The summed E-state index contributed by atoms with van der Waals surface area (Å²) < 4.78 is 7.23. The summed E-state index contributed by atoms with van der Waals surface area (Å²) in [5, 5.41) is 11.8. The lowest BCUT2D eigenvalue weighted by molar-refractivity contribution is -0.113. The molecule has 0 aliphatic carbocycles. The van der Waals surface area contributed by atoms with Gasteiger partial charge < -0.3 is 15.4 Å². The van der Waals surface area contributed by atoms with Gasteiger partial charge in [-0.1, -0.05) is 84.1 Å². The molecule has 5 rings (SSSR count). The molecule has 1 aliphatic heterocycles. The monoisotopic (exact) mass is 497 g/mol. The Bertz CT molecular complexity index is 1410. The van der Waals surface area contributed by atoms with Gasteiger partial charge in [0.25, 0.3) is 5.91 Å². The van der Waals surface area contributed by atoms with Gasteiger partial charge in [-0.05, 0) is 37.1 Å². The molecule has 1 amide bonds. The summed E-state index contributed by atoms with van der Waals surface area (Å²) >= 11 is 1.57. The molecule has 0 radical (unpaired) electrons. The van der Waals surface area contributed by atoms with Crippen LogP contribution in [0.3, 0.4) is 0 Å². The highest BCUT2D eigenvalue weighted by atomic mass is 32.2. The van der Waals surface area contributed by atoms with Crippen LogP contribution in [0.15, 0.2) is 95.3 Å². The average Bonchev–Trinajstić information content (AvgIpc) is 3.30. The maximum atomic E-state index is 13.7. The molecule has 0 unspecified atom stereocenters. The zero-order chi connectivity index (χ0) is 25.1. The number of nitrogens with one attached hydrogen (secondary N) is 2. The molecular weight excluding hydrogens is 470 g/mol. The standard InChI is InChI=1S/C28H27N5O2S/c1-18-13-15-20(16-14-18)17-36-28-31-27-29-19(2)24(25(33(27)32-28)21-9-5-4-6-10-21)26(34)30-22-11-7-8-12-23(22)35-3/h4-16,25H,17H2,1-3H3,(H,30,34)(H,29,31,32)/t25-/m0/s1. The number of hydrogen-bond acceptors (Lipinski definition) is 6. The molecule has 0 fully saturated rings. The number of amides is 1. The lowest BCUT2D eigenvalue weighted by Crippen LogP contribution is -2.31. The molecule has 4 aromatic rings. The van der Waals surface area contributed by atoms with Crippen molar-refractivity contribution in [3.05, 3.63) is 107 Å². The number of ether oxygens (including phenoxy) is 1. The third kappa shape index (κ3) is 4.85. The van der Waals surface area contributed by atoms with E-state index in [1.54, 1.807) is 23.6 Å². The van der Waals surface area contributed by atoms with Gasteiger partial charge in [-0.25, -0.2) is 4.68 Å². The number of aromatic nitrogens is 3. The van der Waals surface area contributed by atoms with Crippen molar-refractivity contribution in [2.45, 2.75) is 30.8 Å². The van der Waals surface area contributed by atoms with Crippen molar-refractivity contribution in [2.75, 3.05) is 17.7 Å². The van der Waals surface area contributed by atoms with Crippen LogP contribution in [0.1, 0.15) is 29.7 Å². The number of allylic oxidation sites excluding steroid dienone is 1. The third-order valence-electron chi connectivity index (χ3n) is 6.04. The topological polar surface area (TPSA) is 81.1 Å². The number of fused-ring (bicyclic) bond motifs is 1. The molecule has 1 aliphatic rings. The highest BCUT2D eigenvalue weighted by Gasteiger charge is 2.34. The number of para-hydroxylation sites is 2.